The fraction of sp³-hybridized carbons (Fsp3) is 0.857. The number of ether oxygens (including phenoxy) is 2. The number of carbonyl (C=O) groups excluding carboxylic acids is 2. The Morgan fingerprint density at radius 1 is 1.00 bits per heavy atom. The second-order valence-corrected chi connectivity index (χ2v) is 7.21. The lowest BCUT2D eigenvalue weighted by Crippen LogP contribution is -2.36. The highest BCUT2D eigenvalue weighted by Gasteiger charge is 2.28. The average molecular weight is 352 g/mol. The minimum absolute atomic E-state index is 0.00465. The largest absolute Gasteiger partial charge is 0.466 e. The van der Waals surface area contributed by atoms with E-state index in [1.54, 1.807) is 13.8 Å². The lowest BCUT2D eigenvalue weighted by Gasteiger charge is -2.27. The van der Waals surface area contributed by atoms with Crippen LogP contribution in [0.2, 0.25) is 0 Å². The minimum Gasteiger partial charge on any atom is -0.466 e. The topological polar surface area (TPSA) is 96.4 Å². The number of amides is 1. The van der Waals surface area contributed by atoms with Gasteiger partial charge in [-0.15, -0.1) is 0 Å². The molecule has 0 aliphatic carbocycles. The molecule has 0 aliphatic heterocycles. The molecule has 0 aliphatic rings. The molecule has 0 aromatic heterocycles. The van der Waals surface area contributed by atoms with Crippen LogP contribution in [0.4, 0.5) is 4.79 Å². The second kappa shape index (κ2) is 11.4. The van der Waals surface area contributed by atoms with Crippen LogP contribution in [-0.4, -0.2) is 72.2 Å². The summed E-state index contributed by atoms with van der Waals surface area (Å²) in [4.78, 5) is 36.4. The summed E-state index contributed by atoms with van der Waals surface area (Å²) in [5, 5.41) is 0. The van der Waals surface area contributed by atoms with Crippen LogP contribution in [0.3, 0.4) is 0 Å². The monoisotopic (exact) mass is 352 g/mol. The first-order valence-corrected chi connectivity index (χ1v) is 9.93. The fourth-order valence-electron chi connectivity index (χ4n) is 1.94. The van der Waals surface area contributed by atoms with E-state index in [2.05, 4.69) is 0 Å². The summed E-state index contributed by atoms with van der Waals surface area (Å²) in [6.45, 7) is 8.80. The van der Waals surface area contributed by atoms with E-state index in [0.717, 1.165) is 4.90 Å². The molecule has 1 atom stereocenters. The van der Waals surface area contributed by atoms with Gasteiger partial charge in [0.15, 0.2) is 0 Å². The lowest BCUT2D eigenvalue weighted by atomic mass is 10.4. The van der Waals surface area contributed by atoms with Gasteiger partial charge in [-0.05, 0) is 26.9 Å². The molecule has 0 heterocycles. The first kappa shape index (κ1) is 21.9. The Hall–Kier alpha value is -1.11. The van der Waals surface area contributed by atoms with Crippen LogP contribution in [0.1, 0.15) is 34.1 Å². The Bertz CT molecular complexity index is 414. The van der Waals surface area contributed by atoms with E-state index in [-0.39, 0.29) is 38.8 Å². The molecule has 0 aromatic carbocycles. The summed E-state index contributed by atoms with van der Waals surface area (Å²) in [7, 11) is -3.59. The van der Waals surface area contributed by atoms with Crippen molar-refractivity contribution < 1.29 is 28.5 Å². The van der Waals surface area contributed by atoms with Gasteiger partial charge in [-0.3, -0.25) is 19.2 Å². The van der Waals surface area contributed by atoms with Gasteiger partial charge in [0, 0.05) is 6.54 Å². The third-order valence-electron chi connectivity index (χ3n) is 3.12. The van der Waals surface area contributed by atoms with Gasteiger partial charge in [-0.25, -0.2) is 4.79 Å². The molecule has 1 unspecified atom stereocenters. The number of carbonyl (C=O) groups is 2. The molecule has 1 amide bonds. The van der Waals surface area contributed by atoms with Crippen molar-refractivity contribution in [1.29, 1.82) is 0 Å². The molecule has 23 heavy (non-hydrogen) atoms. The zero-order valence-corrected chi connectivity index (χ0v) is 15.4. The van der Waals surface area contributed by atoms with Crippen LogP contribution in [0.5, 0.6) is 0 Å². The number of nitrogens with zero attached hydrogens (tertiary/aromatic N) is 2. The molecule has 0 rings (SSSR count). The molecule has 0 saturated heterocycles. The summed E-state index contributed by atoms with van der Waals surface area (Å²) in [6, 6.07) is 0. The summed E-state index contributed by atoms with van der Waals surface area (Å²) < 4.78 is 22.1. The number of hydrogen-bond donors (Lipinski definition) is 1. The summed E-state index contributed by atoms with van der Waals surface area (Å²) in [5.41, 5.74) is 0. The maximum Gasteiger partial charge on any atom is 0.410 e. The van der Waals surface area contributed by atoms with E-state index >= 15 is 0 Å². The molecule has 8 nitrogen and oxygen atoms in total. The SMILES string of the molecule is CCOC(=O)CCN(CP(=O)(O)CN(CC)CC)C(=O)OCC. The Morgan fingerprint density at radius 3 is 2.04 bits per heavy atom. The molecule has 9 heteroatoms. The van der Waals surface area contributed by atoms with Gasteiger partial charge in [0.2, 0.25) is 7.37 Å². The van der Waals surface area contributed by atoms with Gasteiger partial charge in [-0.2, -0.15) is 0 Å². The third kappa shape index (κ3) is 9.58. The van der Waals surface area contributed by atoms with Crippen molar-refractivity contribution in [3.63, 3.8) is 0 Å². The van der Waals surface area contributed by atoms with Crippen molar-refractivity contribution in [2.75, 3.05) is 45.4 Å². The fourth-order valence-corrected chi connectivity index (χ4v) is 3.85. The minimum atomic E-state index is -3.59. The van der Waals surface area contributed by atoms with Gasteiger partial charge < -0.3 is 14.4 Å². The second-order valence-electron chi connectivity index (χ2n) is 4.95. The highest BCUT2D eigenvalue weighted by atomic mass is 31.2. The number of hydrogen-bond acceptors (Lipinski definition) is 6. The van der Waals surface area contributed by atoms with Crippen molar-refractivity contribution in [3.8, 4) is 0 Å². The smallest absolute Gasteiger partial charge is 0.410 e. The van der Waals surface area contributed by atoms with Crippen LogP contribution in [-0.2, 0) is 18.8 Å². The van der Waals surface area contributed by atoms with E-state index < -0.39 is 19.4 Å². The van der Waals surface area contributed by atoms with E-state index in [1.807, 2.05) is 18.7 Å². The quantitative estimate of drug-likeness (QED) is 0.448. The Kier molecular flexibility index (Phi) is 10.9. The van der Waals surface area contributed by atoms with E-state index in [4.69, 9.17) is 9.47 Å². The predicted octanol–water partition coefficient (Wildman–Crippen LogP) is 1.93. The Balaban J connectivity index is 4.82. The molecular formula is C14H29N2O6P. The average Bonchev–Trinajstić information content (AvgIpc) is 2.49. The van der Waals surface area contributed by atoms with Crippen molar-refractivity contribution in [3.05, 3.63) is 0 Å². The molecule has 0 spiro atoms. The van der Waals surface area contributed by atoms with Gasteiger partial charge in [-0.1, -0.05) is 13.8 Å². The molecule has 136 valence electrons. The van der Waals surface area contributed by atoms with E-state index in [1.165, 1.54) is 0 Å². The van der Waals surface area contributed by atoms with Crippen LogP contribution in [0.25, 0.3) is 0 Å². The number of esters is 1. The Morgan fingerprint density at radius 2 is 1.57 bits per heavy atom. The van der Waals surface area contributed by atoms with Crippen molar-refractivity contribution in [2.45, 2.75) is 34.1 Å². The van der Waals surface area contributed by atoms with Crippen LogP contribution in [0.15, 0.2) is 0 Å². The normalized spacial score (nSPS) is 13.5. The molecule has 0 saturated carbocycles. The first-order valence-electron chi connectivity index (χ1n) is 7.90. The standard InChI is InChI=1S/C14H29N2O6P/c1-5-15(6-2)11-23(19,20)12-16(14(18)22-8-4)10-9-13(17)21-7-3/h5-12H2,1-4H3,(H,19,20). The maximum absolute atomic E-state index is 12.4. The van der Waals surface area contributed by atoms with Gasteiger partial charge in [0.25, 0.3) is 0 Å². The predicted molar refractivity (Wildman–Crippen MR) is 87.5 cm³/mol. The molecule has 0 bridgehead atoms. The molecule has 1 N–H and O–H groups in total. The first-order chi connectivity index (χ1) is 10.8. The summed E-state index contributed by atoms with van der Waals surface area (Å²) >= 11 is 0. The maximum atomic E-state index is 12.4. The van der Waals surface area contributed by atoms with Gasteiger partial charge >= 0.3 is 12.1 Å². The van der Waals surface area contributed by atoms with E-state index in [9.17, 15) is 19.0 Å². The highest BCUT2D eigenvalue weighted by Crippen LogP contribution is 2.41. The summed E-state index contributed by atoms with van der Waals surface area (Å²) in [5.74, 6) is -0.460. The van der Waals surface area contributed by atoms with Gasteiger partial charge in [0.1, 0.15) is 6.29 Å². The highest BCUT2D eigenvalue weighted by molar-refractivity contribution is 7.57. The molecular weight excluding hydrogens is 323 g/mol. The number of rotatable bonds is 11. The summed E-state index contributed by atoms with van der Waals surface area (Å²) in [6.07, 6.45) is -1.10. The third-order valence-corrected chi connectivity index (χ3v) is 4.75. The molecule has 0 fully saturated rings. The zero-order chi connectivity index (χ0) is 17.9. The van der Waals surface area contributed by atoms with E-state index in [0.29, 0.717) is 13.1 Å². The van der Waals surface area contributed by atoms with Crippen LogP contribution >= 0.6 is 7.37 Å². The van der Waals surface area contributed by atoms with Crippen molar-refractivity contribution >= 4 is 19.4 Å². The zero-order valence-electron chi connectivity index (χ0n) is 14.5. The molecule has 0 radical (unpaired) electrons. The molecule has 0 aromatic rings. The Labute approximate surface area is 138 Å². The van der Waals surface area contributed by atoms with Crippen LogP contribution < -0.4 is 0 Å². The van der Waals surface area contributed by atoms with Gasteiger partial charge in [0.05, 0.1) is 25.9 Å². The van der Waals surface area contributed by atoms with Crippen LogP contribution in [0, 0.1) is 0 Å². The van der Waals surface area contributed by atoms with Crippen molar-refractivity contribution in [1.82, 2.24) is 9.80 Å². The lowest BCUT2D eigenvalue weighted by molar-refractivity contribution is -0.143. The van der Waals surface area contributed by atoms with Crippen molar-refractivity contribution in [2.24, 2.45) is 0 Å².